The number of unbranched alkanes of at least 4 members (excludes halogenated alkanes) is 36. The predicted molar refractivity (Wildman–Crippen MR) is 241 cm³/mol. The zero-order chi connectivity index (χ0) is 38.1. The third-order valence-electron chi connectivity index (χ3n) is 13.3. The van der Waals surface area contributed by atoms with Crippen LogP contribution in [0.1, 0.15) is 304 Å². The second kappa shape index (κ2) is 43.6. The lowest BCUT2D eigenvalue weighted by Gasteiger charge is -2.50. The smallest absolute Gasteiger partial charge is 0.0988 e. The van der Waals surface area contributed by atoms with Crippen LogP contribution in [0.15, 0.2) is 0 Å². The van der Waals surface area contributed by atoms with E-state index in [0.29, 0.717) is 5.54 Å². The minimum absolute atomic E-state index is 0. The molecule has 0 aromatic rings. The van der Waals surface area contributed by atoms with Crippen LogP contribution in [0.25, 0.3) is 0 Å². The molecule has 0 radical (unpaired) electrons. The maximum Gasteiger partial charge on any atom is 0.0988 e. The molecule has 0 aromatic heterocycles. The molecule has 0 amide bonds. The number of hydrogen-bond acceptors (Lipinski definition) is 0. The van der Waals surface area contributed by atoms with Gasteiger partial charge in [-0.1, -0.05) is 252 Å². The molecule has 0 fully saturated rings. The standard InChI is InChI=1S/C51H106N.BrH/c1-7-11-15-19-23-27-31-35-39-43-47-51(48-44-40-36-32-28-24-20-16-12-8-2,49-45-41-37-33-29-25-21-17-13-9-3)52(5,6)50-46-42-38-34-30-26-22-18-14-10-4;/h7-50H2,1-6H3;1H/q+1;/p-1. The Morgan fingerprint density at radius 2 is 0.415 bits per heavy atom. The quantitative estimate of drug-likeness (QED) is 0.0424. The van der Waals surface area contributed by atoms with Gasteiger partial charge < -0.3 is 21.5 Å². The molecule has 0 bridgehead atoms. The zero-order valence-corrected chi connectivity index (χ0v) is 40.0. The van der Waals surface area contributed by atoms with E-state index in [-0.39, 0.29) is 17.0 Å². The van der Waals surface area contributed by atoms with Crippen LogP contribution >= 0.6 is 0 Å². The lowest BCUT2D eigenvalue weighted by molar-refractivity contribution is -0.944. The van der Waals surface area contributed by atoms with Crippen molar-refractivity contribution in [3.63, 3.8) is 0 Å². The molecule has 0 atom stereocenters. The Morgan fingerprint density at radius 3 is 0.623 bits per heavy atom. The van der Waals surface area contributed by atoms with Crippen LogP contribution in [0.4, 0.5) is 0 Å². The van der Waals surface area contributed by atoms with Gasteiger partial charge in [0.25, 0.3) is 0 Å². The van der Waals surface area contributed by atoms with Crippen molar-refractivity contribution in [3.05, 3.63) is 0 Å². The Bertz CT molecular complexity index is 599. The van der Waals surface area contributed by atoms with Crippen LogP contribution in [-0.4, -0.2) is 30.7 Å². The van der Waals surface area contributed by atoms with Gasteiger partial charge >= 0.3 is 0 Å². The Kier molecular flexibility index (Phi) is 45.6. The maximum absolute atomic E-state index is 2.69. The van der Waals surface area contributed by atoms with Gasteiger partial charge in [0.05, 0.1) is 26.2 Å². The molecule has 0 aromatic carbocycles. The van der Waals surface area contributed by atoms with Crippen molar-refractivity contribution in [3.8, 4) is 0 Å². The summed E-state index contributed by atoms with van der Waals surface area (Å²) in [6.07, 6.45) is 62.8. The third-order valence-corrected chi connectivity index (χ3v) is 13.3. The molecule has 53 heavy (non-hydrogen) atoms. The Balaban J connectivity index is 0. The van der Waals surface area contributed by atoms with E-state index >= 15 is 0 Å². The van der Waals surface area contributed by atoms with E-state index in [1.165, 1.54) is 287 Å². The molecule has 0 rings (SSSR count). The van der Waals surface area contributed by atoms with Crippen LogP contribution in [0.5, 0.6) is 0 Å². The van der Waals surface area contributed by atoms with Crippen LogP contribution in [0, 0.1) is 0 Å². The number of rotatable bonds is 45. The van der Waals surface area contributed by atoms with Crippen molar-refractivity contribution in [1.82, 2.24) is 0 Å². The minimum atomic E-state index is 0. The molecule has 0 spiro atoms. The molecule has 2 heteroatoms. The van der Waals surface area contributed by atoms with Gasteiger partial charge in [0.15, 0.2) is 0 Å². The van der Waals surface area contributed by atoms with Gasteiger partial charge in [0.1, 0.15) is 0 Å². The van der Waals surface area contributed by atoms with Gasteiger partial charge in [0, 0.05) is 19.3 Å². The van der Waals surface area contributed by atoms with Crippen molar-refractivity contribution in [2.45, 2.75) is 309 Å². The Hall–Kier alpha value is 0.440. The molecule has 0 unspecified atom stereocenters. The van der Waals surface area contributed by atoms with Crippen molar-refractivity contribution in [1.29, 1.82) is 0 Å². The van der Waals surface area contributed by atoms with Gasteiger partial charge in [-0.25, -0.2) is 0 Å². The monoisotopic (exact) mass is 812 g/mol. The normalized spacial score (nSPS) is 12.1. The molecular weight excluding hydrogens is 706 g/mol. The van der Waals surface area contributed by atoms with Crippen LogP contribution in [0.3, 0.4) is 0 Å². The first kappa shape index (κ1) is 55.5. The summed E-state index contributed by atoms with van der Waals surface area (Å²) in [6, 6.07) is 0. The van der Waals surface area contributed by atoms with Gasteiger partial charge in [-0.2, -0.15) is 0 Å². The highest BCUT2D eigenvalue weighted by molar-refractivity contribution is 4.82. The van der Waals surface area contributed by atoms with Crippen LogP contribution in [0.2, 0.25) is 0 Å². The van der Waals surface area contributed by atoms with E-state index in [4.69, 9.17) is 0 Å². The van der Waals surface area contributed by atoms with Crippen molar-refractivity contribution < 1.29 is 21.5 Å². The third kappa shape index (κ3) is 35.3. The SMILES string of the molecule is CCCCCCCCCCCCC(CCCCCCCCCCCC)(CCCCCCCCCCCC)[N+](C)(C)CCCCCCCCCCCC.[Br-]. The Labute approximate surface area is 349 Å². The van der Waals surface area contributed by atoms with Crippen LogP contribution < -0.4 is 17.0 Å². The second-order valence-electron chi connectivity index (χ2n) is 18.6. The van der Waals surface area contributed by atoms with E-state index in [1.807, 2.05) is 0 Å². The lowest BCUT2D eigenvalue weighted by atomic mass is 9.78. The highest BCUT2D eigenvalue weighted by Gasteiger charge is 2.43. The summed E-state index contributed by atoms with van der Waals surface area (Å²) < 4.78 is 1.30. The number of nitrogens with zero attached hydrogens (tertiary/aromatic N) is 1. The van der Waals surface area contributed by atoms with Crippen molar-refractivity contribution in [2.75, 3.05) is 20.6 Å². The van der Waals surface area contributed by atoms with E-state index in [9.17, 15) is 0 Å². The minimum Gasteiger partial charge on any atom is -1.00 e. The van der Waals surface area contributed by atoms with Gasteiger partial charge in [-0.3, -0.25) is 0 Å². The second-order valence-corrected chi connectivity index (χ2v) is 18.6. The van der Waals surface area contributed by atoms with E-state index < -0.39 is 0 Å². The van der Waals surface area contributed by atoms with Gasteiger partial charge in [-0.05, 0) is 32.1 Å². The summed E-state index contributed by atoms with van der Waals surface area (Å²) in [5.41, 5.74) is 0.500. The van der Waals surface area contributed by atoms with E-state index in [1.54, 1.807) is 0 Å². The van der Waals surface area contributed by atoms with Gasteiger partial charge in [0.2, 0.25) is 0 Å². The molecule has 0 saturated heterocycles. The molecule has 0 heterocycles. The summed E-state index contributed by atoms with van der Waals surface area (Å²) in [4.78, 5) is 0. The van der Waals surface area contributed by atoms with E-state index in [0.717, 1.165) is 0 Å². The highest BCUT2D eigenvalue weighted by atomic mass is 79.9. The number of quaternary nitrogens is 1. The summed E-state index contributed by atoms with van der Waals surface area (Å²) in [6.45, 7) is 10.8. The molecule has 0 aliphatic heterocycles. The molecule has 0 aliphatic carbocycles. The van der Waals surface area contributed by atoms with Crippen molar-refractivity contribution in [2.24, 2.45) is 0 Å². The molecule has 0 saturated carbocycles. The average Bonchev–Trinajstić information content (AvgIpc) is 3.14. The molecular formula is C51H106BrN. The number of halogens is 1. The largest absolute Gasteiger partial charge is 1.00 e. The maximum atomic E-state index is 2.69. The summed E-state index contributed by atoms with van der Waals surface area (Å²) in [5, 5.41) is 0. The zero-order valence-electron chi connectivity index (χ0n) is 38.4. The number of hydrogen-bond donors (Lipinski definition) is 0. The molecule has 322 valence electrons. The van der Waals surface area contributed by atoms with E-state index in [2.05, 4.69) is 41.8 Å². The molecule has 0 aliphatic rings. The molecule has 1 nitrogen and oxygen atoms in total. The fraction of sp³-hybridized carbons (Fsp3) is 1.00. The van der Waals surface area contributed by atoms with Gasteiger partial charge in [-0.15, -0.1) is 0 Å². The first-order chi connectivity index (χ1) is 25.5. The molecule has 0 N–H and O–H groups in total. The highest BCUT2D eigenvalue weighted by Crippen LogP contribution is 2.39. The lowest BCUT2D eigenvalue weighted by Crippen LogP contribution is -3.00. The van der Waals surface area contributed by atoms with Crippen molar-refractivity contribution >= 4 is 0 Å². The first-order valence-electron chi connectivity index (χ1n) is 25.3. The average molecular weight is 813 g/mol. The fourth-order valence-corrected chi connectivity index (χ4v) is 9.34. The predicted octanol–water partition coefficient (Wildman–Crippen LogP) is 15.7. The summed E-state index contributed by atoms with van der Waals surface area (Å²) >= 11 is 0. The topological polar surface area (TPSA) is 0 Å². The summed E-state index contributed by atoms with van der Waals surface area (Å²) in [5.74, 6) is 0. The summed E-state index contributed by atoms with van der Waals surface area (Å²) in [7, 11) is 5.38. The Morgan fingerprint density at radius 1 is 0.245 bits per heavy atom. The fourth-order valence-electron chi connectivity index (χ4n) is 9.34. The van der Waals surface area contributed by atoms with Crippen LogP contribution in [-0.2, 0) is 0 Å². The first-order valence-corrected chi connectivity index (χ1v) is 25.3.